The van der Waals surface area contributed by atoms with Crippen molar-refractivity contribution in [2.45, 2.75) is 18.7 Å². The Kier molecular flexibility index (Phi) is 6.26. The van der Waals surface area contributed by atoms with Gasteiger partial charge < -0.3 is 9.64 Å². The molecule has 0 saturated carbocycles. The van der Waals surface area contributed by atoms with Crippen molar-refractivity contribution in [3.05, 3.63) is 54.1 Å². The topological polar surface area (TPSA) is 75.7 Å². The van der Waals surface area contributed by atoms with Gasteiger partial charge >= 0.3 is 0 Å². The number of nitrogens with one attached hydrogen (secondary N) is 1. The summed E-state index contributed by atoms with van der Waals surface area (Å²) < 4.78 is 33.1. The summed E-state index contributed by atoms with van der Waals surface area (Å²) >= 11 is 0. The Balaban J connectivity index is 2.29. The number of para-hydroxylation sites is 2. The summed E-state index contributed by atoms with van der Waals surface area (Å²) in [5, 5.41) is 0. The maximum Gasteiger partial charge on any atom is 0.262 e. The third kappa shape index (κ3) is 4.76. The summed E-state index contributed by atoms with van der Waals surface area (Å²) in [5.74, 6) is 0.524. The number of anilines is 1. The lowest BCUT2D eigenvalue weighted by atomic mass is 10.1. The molecule has 2 aromatic rings. The van der Waals surface area contributed by atoms with Crippen molar-refractivity contribution >= 4 is 21.6 Å². The van der Waals surface area contributed by atoms with Gasteiger partial charge in [0.15, 0.2) is 0 Å². The van der Waals surface area contributed by atoms with E-state index < -0.39 is 10.0 Å². The van der Waals surface area contributed by atoms with Crippen molar-refractivity contribution in [1.29, 1.82) is 0 Å². The third-order valence-corrected chi connectivity index (χ3v) is 5.09. The number of rotatable bonds is 7. The first-order valence-electron chi connectivity index (χ1n) is 8.26. The molecule has 0 aliphatic carbocycles. The molecule has 0 atom stereocenters. The second kappa shape index (κ2) is 8.23. The highest BCUT2D eigenvalue weighted by atomic mass is 32.2. The van der Waals surface area contributed by atoms with Crippen LogP contribution in [0.4, 0.5) is 5.69 Å². The minimum atomic E-state index is -3.85. The fourth-order valence-corrected chi connectivity index (χ4v) is 3.70. The zero-order chi connectivity index (χ0) is 19.3. The Morgan fingerprint density at radius 2 is 1.85 bits per heavy atom. The first kappa shape index (κ1) is 19.8. The zero-order valence-electron chi connectivity index (χ0n) is 15.4. The first-order chi connectivity index (χ1) is 12.2. The second-order valence-corrected chi connectivity index (χ2v) is 8.10. The van der Waals surface area contributed by atoms with Crippen molar-refractivity contribution in [3.63, 3.8) is 0 Å². The molecule has 1 N–H and O–H groups in total. The molecule has 0 aliphatic rings. The van der Waals surface area contributed by atoms with Crippen molar-refractivity contribution in [1.82, 2.24) is 4.90 Å². The molecular formula is C19H24N2O4S. The Bertz CT molecular complexity index is 879. The van der Waals surface area contributed by atoms with Gasteiger partial charge in [-0.25, -0.2) is 8.42 Å². The maximum absolute atomic E-state index is 12.7. The molecule has 0 radical (unpaired) electrons. The average Bonchev–Trinajstić information content (AvgIpc) is 2.60. The molecule has 2 rings (SSSR count). The zero-order valence-corrected chi connectivity index (χ0v) is 16.2. The summed E-state index contributed by atoms with van der Waals surface area (Å²) in [6, 6.07) is 12.8. The molecule has 0 aliphatic heterocycles. The third-order valence-electron chi connectivity index (χ3n) is 3.73. The number of hydrogen-bond donors (Lipinski definition) is 1. The van der Waals surface area contributed by atoms with Crippen LogP contribution in [-0.4, -0.2) is 39.9 Å². The van der Waals surface area contributed by atoms with Gasteiger partial charge in [-0.15, -0.1) is 0 Å². The van der Waals surface area contributed by atoms with E-state index in [1.165, 1.54) is 19.2 Å². The molecule has 0 aromatic heterocycles. The maximum atomic E-state index is 12.7. The fourth-order valence-electron chi connectivity index (χ4n) is 2.58. The molecule has 0 saturated heterocycles. The summed E-state index contributed by atoms with van der Waals surface area (Å²) in [5.41, 5.74) is 0.666. The standard InChI is InChI=1S/C19H24N2O4S/c1-14(2)13-21(3)19(22)15-8-7-9-16(12-15)26(23,24)20-17-10-5-6-11-18(17)25-4/h5-12,14,20H,13H2,1-4H3. The smallest absolute Gasteiger partial charge is 0.262 e. The van der Waals surface area contributed by atoms with Crippen LogP contribution in [0, 0.1) is 5.92 Å². The van der Waals surface area contributed by atoms with Crippen LogP contribution in [0.25, 0.3) is 0 Å². The molecule has 140 valence electrons. The van der Waals surface area contributed by atoms with E-state index in [1.807, 2.05) is 13.8 Å². The quantitative estimate of drug-likeness (QED) is 0.805. The molecule has 0 bridgehead atoms. The van der Waals surface area contributed by atoms with Crippen molar-refractivity contribution < 1.29 is 17.9 Å². The van der Waals surface area contributed by atoms with E-state index in [9.17, 15) is 13.2 Å². The number of ether oxygens (including phenoxy) is 1. The Labute approximate surface area is 154 Å². The highest BCUT2D eigenvalue weighted by Gasteiger charge is 2.19. The number of hydrogen-bond acceptors (Lipinski definition) is 4. The number of amides is 1. The van der Waals surface area contributed by atoms with E-state index in [1.54, 1.807) is 48.3 Å². The molecule has 26 heavy (non-hydrogen) atoms. The summed E-state index contributed by atoms with van der Waals surface area (Å²) in [6.07, 6.45) is 0. The predicted octanol–water partition coefficient (Wildman–Crippen LogP) is 3.22. The van der Waals surface area contributed by atoms with Gasteiger partial charge in [0.2, 0.25) is 0 Å². The number of carbonyl (C=O) groups is 1. The lowest BCUT2D eigenvalue weighted by molar-refractivity contribution is 0.0779. The van der Waals surface area contributed by atoms with E-state index in [-0.39, 0.29) is 10.8 Å². The van der Waals surface area contributed by atoms with Gasteiger partial charge in [-0.05, 0) is 36.2 Å². The minimum Gasteiger partial charge on any atom is -0.495 e. The van der Waals surface area contributed by atoms with Gasteiger partial charge in [0, 0.05) is 19.2 Å². The molecule has 6 nitrogen and oxygen atoms in total. The molecule has 1 amide bonds. The van der Waals surface area contributed by atoms with E-state index in [0.29, 0.717) is 29.5 Å². The van der Waals surface area contributed by atoms with Crippen LogP contribution in [0.5, 0.6) is 5.75 Å². The molecule has 0 unspecified atom stereocenters. The van der Waals surface area contributed by atoms with Crippen LogP contribution >= 0.6 is 0 Å². The van der Waals surface area contributed by atoms with E-state index in [0.717, 1.165) is 0 Å². The monoisotopic (exact) mass is 376 g/mol. The number of benzene rings is 2. The molecule has 7 heteroatoms. The van der Waals surface area contributed by atoms with E-state index >= 15 is 0 Å². The van der Waals surface area contributed by atoms with E-state index in [2.05, 4.69) is 4.72 Å². The van der Waals surface area contributed by atoms with Crippen LogP contribution in [-0.2, 0) is 10.0 Å². The van der Waals surface area contributed by atoms with Crippen LogP contribution in [0.2, 0.25) is 0 Å². The SMILES string of the molecule is COc1ccccc1NS(=O)(=O)c1cccc(C(=O)N(C)CC(C)C)c1. The fraction of sp³-hybridized carbons (Fsp3) is 0.316. The Morgan fingerprint density at radius 3 is 2.50 bits per heavy atom. The molecule has 0 heterocycles. The molecular weight excluding hydrogens is 352 g/mol. The number of carbonyl (C=O) groups excluding carboxylic acids is 1. The summed E-state index contributed by atoms with van der Waals surface area (Å²) in [6.45, 7) is 4.62. The largest absolute Gasteiger partial charge is 0.495 e. The average molecular weight is 376 g/mol. The van der Waals surface area contributed by atoms with E-state index in [4.69, 9.17) is 4.74 Å². The van der Waals surface area contributed by atoms with Crippen LogP contribution in [0.15, 0.2) is 53.4 Å². The Morgan fingerprint density at radius 1 is 1.15 bits per heavy atom. The number of sulfonamides is 1. The lowest BCUT2D eigenvalue weighted by Gasteiger charge is -2.19. The summed E-state index contributed by atoms with van der Waals surface area (Å²) in [4.78, 5) is 14.1. The van der Waals surface area contributed by atoms with Crippen molar-refractivity contribution in [3.8, 4) is 5.75 Å². The molecule has 0 fully saturated rings. The predicted molar refractivity (Wildman–Crippen MR) is 102 cm³/mol. The highest BCUT2D eigenvalue weighted by Crippen LogP contribution is 2.26. The van der Waals surface area contributed by atoms with Crippen LogP contribution in [0.1, 0.15) is 24.2 Å². The molecule has 2 aromatic carbocycles. The Hall–Kier alpha value is -2.54. The van der Waals surface area contributed by atoms with Gasteiger partial charge in [-0.1, -0.05) is 32.0 Å². The van der Waals surface area contributed by atoms with Gasteiger partial charge in [-0.3, -0.25) is 9.52 Å². The normalized spacial score (nSPS) is 11.3. The second-order valence-electron chi connectivity index (χ2n) is 6.41. The molecule has 0 spiro atoms. The minimum absolute atomic E-state index is 0.0206. The van der Waals surface area contributed by atoms with Gasteiger partial charge in [-0.2, -0.15) is 0 Å². The van der Waals surface area contributed by atoms with Gasteiger partial charge in [0.05, 0.1) is 17.7 Å². The first-order valence-corrected chi connectivity index (χ1v) is 9.74. The van der Waals surface area contributed by atoms with Crippen molar-refractivity contribution in [2.24, 2.45) is 5.92 Å². The number of methoxy groups -OCH3 is 1. The number of nitrogens with zero attached hydrogens (tertiary/aromatic N) is 1. The van der Waals surface area contributed by atoms with Gasteiger partial charge in [0.25, 0.3) is 15.9 Å². The van der Waals surface area contributed by atoms with Crippen LogP contribution in [0.3, 0.4) is 0 Å². The van der Waals surface area contributed by atoms with Gasteiger partial charge in [0.1, 0.15) is 5.75 Å². The van der Waals surface area contributed by atoms with Crippen LogP contribution < -0.4 is 9.46 Å². The lowest BCUT2D eigenvalue weighted by Crippen LogP contribution is -2.30. The highest BCUT2D eigenvalue weighted by molar-refractivity contribution is 7.92. The summed E-state index contributed by atoms with van der Waals surface area (Å²) in [7, 11) is -0.677. The van der Waals surface area contributed by atoms with Crippen molar-refractivity contribution in [2.75, 3.05) is 25.4 Å².